The fraction of sp³-hybridized carbons (Fsp3) is 0.600. The molecule has 1 aromatic rings. The van der Waals surface area contributed by atoms with E-state index in [0.29, 0.717) is 18.9 Å². The van der Waals surface area contributed by atoms with Crippen molar-refractivity contribution in [2.45, 2.75) is 18.2 Å². The first-order valence-corrected chi connectivity index (χ1v) is 9.26. The van der Waals surface area contributed by atoms with Gasteiger partial charge in [-0.3, -0.25) is 4.90 Å². The van der Waals surface area contributed by atoms with Crippen LogP contribution >= 0.6 is 24.8 Å². The average molecular weight is 400 g/mol. The van der Waals surface area contributed by atoms with E-state index in [1.54, 1.807) is 24.3 Å². The fourth-order valence-electron chi connectivity index (χ4n) is 2.29. The van der Waals surface area contributed by atoms with Crippen LogP contribution in [0.3, 0.4) is 0 Å². The molecule has 0 unspecified atom stereocenters. The summed E-state index contributed by atoms with van der Waals surface area (Å²) >= 11 is 0. The van der Waals surface area contributed by atoms with Crippen LogP contribution in [0, 0.1) is 0 Å². The lowest BCUT2D eigenvalue weighted by Crippen LogP contribution is -2.46. The first-order valence-electron chi connectivity index (χ1n) is 7.77. The highest BCUT2D eigenvalue weighted by Crippen LogP contribution is 2.15. The molecule has 2 N–H and O–H groups in total. The zero-order valence-corrected chi connectivity index (χ0v) is 16.3. The van der Waals surface area contributed by atoms with Crippen LogP contribution in [-0.4, -0.2) is 59.2 Å². The minimum Gasteiger partial charge on any atom is -0.494 e. The van der Waals surface area contributed by atoms with E-state index in [1.807, 2.05) is 6.92 Å². The largest absolute Gasteiger partial charge is 0.494 e. The molecule has 0 atom stereocenters. The van der Waals surface area contributed by atoms with Crippen molar-refractivity contribution < 1.29 is 13.2 Å². The first kappa shape index (κ1) is 23.4. The molecule has 1 heterocycles. The van der Waals surface area contributed by atoms with E-state index in [-0.39, 0.29) is 29.7 Å². The summed E-state index contributed by atoms with van der Waals surface area (Å²) in [6, 6.07) is 6.55. The van der Waals surface area contributed by atoms with E-state index in [4.69, 9.17) is 4.74 Å². The molecule has 1 aliphatic rings. The molecule has 0 saturated carbocycles. The smallest absolute Gasteiger partial charge is 0.240 e. The van der Waals surface area contributed by atoms with Gasteiger partial charge in [-0.1, -0.05) is 6.92 Å². The maximum absolute atomic E-state index is 12.2. The predicted molar refractivity (Wildman–Crippen MR) is 101 cm³/mol. The van der Waals surface area contributed by atoms with Gasteiger partial charge in [0.2, 0.25) is 10.0 Å². The molecule has 0 bridgehead atoms. The summed E-state index contributed by atoms with van der Waals surface area (Å²) in [6.45, 7) is 7.68. The van der Waals surface area contributed by atoms with Crippen LogP contribution < -0.4 is 14.8 Å². The average Bonchev–Trinajstić information content (AvgIpc) is 2.54. The molecule has 6 nitrogen and oxygen atoms in total. The Kier molecular flexibility index (Phi) is 11.6. The number of benzene rings is 1. The maximum Gasteiger partial charge on any atom is 0.240 e. The normalized spacial score (nSPS) is 15.2. The number of piperazine rings is 1. The highest BCUT2D eigenvalue weighted by Gasteiger charge is 2.15. The van der Waals surface area contributed by atoms with Crippen LogP contribution in [-0.2, 0) is 10.0 Å². The Morgan fingerprint density at radius 1 is 1.17 bits per heavy atom. The molecule has 1 aromatic carbocycles. The second-order valence-electron chi connectivity index (χ2n) is 5.31. The summed E-state index contributed by atoms with van der Waals surface area (Å²) < 4.78 is 32.5. The highest BCUT2D eigenvalue weighted by atomic mass is 35.5. The van der Waals surface area contributed by atoms with E-state index in [2.05, 4.69) is 14.9 Å². The van der Waals surface area contributed by atoms with Gasteiger partial charge in [-0.15, -0.1) is 24.8 Å². The Labute approximate surface area is 157 Å². The van der Waals surface area contributed by atoms with Gasteiger partial charge in [-0.05, 0) is 30.7 Å². The lowest BCUT2D eigenvalue weighted by Gasteiger charge is -2.27. The Balaban J connectivity index is 0.00000264. The van der Waals surface area contributed by atoms with Crippen LogP contribution in [0.1, 0.15) is 13.3 Å². The zero-order valence-electron chi connectivity index (χ0n) is 13.9. The molecule has 9 heteroatoms. The molecule has 0 spiro atoms. The van der Waals surface area contributed by atoms with Crippen LogP contribution in [0.5, 0.6) is 5.75 Å². The Bertz CT molecular complexity index is 550. The lowest BCUT2D eigenvalue weighted by molar-refractivity contribution is 0.245. The molecule has 140 valence electrons. The van der Waals surface area contributed by atoms with Crippen molar-refractivity contribution in [3.63, 3.8) is 0 Å². The first-order chi connectivity index (χ1) is 10.6. The van der Waals surface area contributed by atoms with Crippen molar-refractivity contribution in [3.8, 4) is 5.75 Å². The van der Waals surface area contributed by atoms with Gasteiger partial charge in [0.1, 0.15) is 5.75 Å². The SMILES string of the molecule is CCCOc1ccc(S(=O)(=O)NCCN2CCNCC2)cc1.Cl.Cl. The Hall–Kier alpha value is -0.570. The quantitative estimate of drug-likeness (QED) is 0.692. The summed E-state index contributed by atoms with van der Waals surface area (Å²) in [5.74, 6) is 0.696. The summed E-state index contributed by atoms with van der Waals surface area (Å²) in [6.07, 6.45) is 0.924. The summed E-state index contributed by atoms with van der Waals surface area (Å²) in [5.41, 5.74) is 0. The predicted octanol–water partition coefficient (Wildman–Crippen LogP) is 1.50. The van der Waals surface area contributed by atoms with Crippen molar-refractivity contribution in [2.24, 2.45) is 0 Å². The number of hydrogen-bond acceptors (Lipinski definition) is 5. The van der Waals surface area contributed by atoms with Crippen molar-refractivity contribution in [3.05, 3.63) is 24.3 Å². The Morgan fingerprint density at radius 2 is 1.79 bits per heavy atom. The minimum atomic E-state index is -3.45. The van der Waals surface area contributed by atoms with E-state index < -0.39 is 10.0 Å². The van der Waals surface area contributed by atoms with Crippen LogP contribution in [0.4, 0.5) is 0 Å². The van der Waals surface area contributed by atoms with Crippen molar-refractivity contribution in [2.75, 3.05) is 45.9 Å². The molecule has 0 aromatic heterocycles. The standard InChI is InChI=1S/C15H25N3O3S.2ClH/c1-2-13-21-14-3-5-15(6-4-14)22(19,20)17-9-12-18-10-7-16-8-11-18;;/h3-6,16-17H,2,7-13H2,1H3;2*1H. The van der Waals surface area contributed by atoms with Gasteiger partial charge < -0.3 is 10.1 Å². The minimum absolute atomic E-state index is 0. The van der Waals surface area contributed by atoms with Gasteiger partial charge in [0.15, 0.2) is 0 Å². The number of halogens is 2. The second-order valence-corrected chi connectivity index (χ2v) is 7.08. The van der Waals surface area contributed by atoms with Gasteiger partial charge in [0.25, 0.3) is 0 Å². The number of rotatable bonds is 8. The van der Waals surface area contributed by atoms with Crippen LogP contribution in [0.15, 0.2) is 29.2 Å². The maximum atomic E-state index is 12.2. The molecule has 1 fully saturated rings. The molecular formula is C15H27Cl2N3O3S. The summed E-state index contributed by atoms with van der Waals surface area (Å²) in [7, 11) is -3.45. The Morgan fingerprint density at radius 3 is 2.38 bits per heavy atom. The fourth-order valence-corrected chi connectivity index (χ4v) is 3.31. The highest BCUT2D eigenvalue weighted by molar-refractivity contribution is 7.89. The van der Waals surface area contributed by atoms with Gasteiger partial charge >= 0.3 is 0 Å². The molecule has 1 saturated heterocycles. The zero-order chi connectivity index (χ0) is 15.8. The van der Waals surface area contributed by atoms with E-state index in [9.17, 15) is 8.42 Å². The van der Waals surface area contributed by atoms with Gasteiger partial charge in [-0.2, -0.15) is 0 Å². The summed E-state index contributed by atoms with van der Waals surface area (Å²) in [5, 5.41) is 3.27. The van der Waals surface area contributed by atoms with Gasteiger partial charge in [-0.25, -0.2) is 13.1 Å². The van der Waals surface area contributed by atoms with Crippen LogP contribution in [0.2, 0.25) is 0 Å². The van der Waals surface area contributed by atoms with Crippen molar-refractivity contribution in [1.29, 1.82) is 0 Å². The number of sulfonamides is 1. The third-order valence-corrected chi connectivity index (χ3v) is 5.01. The summed E-state index contributed by atoms with van der Waals surface area (Å²) in [4.78, 5) is 2.53. The monoisotopic (exact) mass is 399 g/mol. The number of ether oxygens (including phenoxy) is 1. The van der Waals surface area contributed by atoms with Crippen molar-refractivity contribution >= 4 is 34.8 Å². The number of hydrogen-bond donors (Lipinski definition) is 2. The third kappa shape index (κ3) is 7.55. The molecule has 1 aliphatic heterocycles. The van der Waals surface area contributed by atoms with E-state index >= 15 is 0 Å². The van der Waals surface area contributed by atoms with Crippen molar-refractivity contribution in [1.82, 2.24) is 14.9 Å². The van der Waals surface area contributed by atoms with Gasteiger partial charge in [0.05, 0.1) is 11.5 Å². The van der Waals surface area contributed by atoms with Gasteiger partial charge in [0, 0.05) is 39.3 Å². The number of nitrogens with one attached hydrogen (secondary N) is 2. The molecule has 2 rings (SSSR count). The molecule has 0 aliphatic carbocycles. The lowest BCUT2D eigenvalue weighted by atomic mass is 10.3. The molecule has 24 heavy (non-hydrogen) atoms. The van der Waals surface area contributed by atoms with E-state index in [1.165, 1.54) is 0 Å². The topological polar surface area (TPSA) is 70.7 Å². The van der Waals surface area contributed by atoms with Crippen LogP contribution in [0.25, 0.3) is 0 Å². The second kappa shape index (κ2) is 11.9. The molecular weight excluding hydrogens is 373 g/mol. The molecule has 0 radical (unpaired) electrons. The molecule has 0 amide bonds. The van der Waals surface area contributed by atoms with E-state index in [0.717, 1.165) is 39.1 Å². The number of nitrogens with zero attached hydrogens (tertiary/aromatic N) is 1. The third-order valence-electron chi connectivity index (χ3n) is 3.54.